The van der Waals surface area contributed by atoms with Gasteiger partial charge in [0.05, 0.1) is 6.10 Å². The molecule has 0 aromatic carbocycles. The molecule has 2 fully saturated rings. The summed E-state index contributed by atoms with van der Waals surface area (Å²) in [7, 11) is 0. The van der Waals surface area contributed by atoms with Crippen LogP contribution in [0.2, 0.25) is 0 Å². The summed E-state index contributed by atoms with van der Waals surface area (Å²) < 4.78 is 0. The molecule has 0 atom stereocenters. The highest BCUT2D eigenvalue weighted by Gasteiger charge is 2.47. The van der Waals surface area contributed by atoms with Crippen molar-refractivity contribution in [2.24, 2.45) is 5.41 Å². The fraction of sp³-hybridized carbons (Fsp3) is 1.00. The Morgan fingerprint density at radius 3 is 2.43 bits per heavy atom. The molecule has 2 heteroatoms. The molecule has 0 radical (unpaired) electrons. The second kappa shape index (κ2) is 3.21. The SMILES string of the molecule is CC(C)(C)N1CCCC2(CC(O)C2)C1. The molecule has 0 aromatic rings. The van der Waals surface area contributed by atoms with Gasteiger partial charge in [0.25, 0.3) is 0 Å². The van der Waals surface area contributed by atoms with Crippen molar-refractivity contribution in [1.82, 2.24) is 4.90 Å². The summed E-state index contributed by atoms with van der Waals surface area (Å²) >= 11 is 0. The predicted octanol–water partition coefficient (Wildman–Crippen LogP) is 2.02. The van der Waals surface area contributed by atoms with Gasteiger partial charge in [-0.1, -0.05) is 0 Å². The normalized spacial score (nSPS) is 39.9. The van der Waals surface area contributed by atoms with Crippen LogP contribution in [0.1, 0.15) is 46.5 Å². The summed E-state index contributed by atoms with van der Waals surface area (Å²) in [5, 5.41) is 9.44. The number of hydrogen-bond donors (Lipinski definition) is 1. The maximum absolute atomic E-state index is 9.44. The largest absolute Gasteiger partial charge is 0.393 e. The minimum absolute atomic E-state index is 0.00471. The second-order valence-corrected chi connectivity index (χ2v) is 6.26. The molecule has 2 rings (SSSR count). The predicted molar refractivity (Wildman–Crippen MR) is 58.2 cm³/mol. The van der Waals surface area contributed by atoms with Crippen LogP contribution < -0.4 is 0 Å². The van der Waals surface area contributed by atoms with E-state index in [0.29, 0.717) is 11.0 Å². The number of piperidine rings is 1. The number of nitrogens with zero attached hydrogens (tertiary/aromatic N) is 1. The number of hydrogen-bond acceptors (Lipinski definition) is 2. The van der Waals surface area contributed by atoms with E-state index in [1.54, 1.807) is 0 Å². The first-order valence-corrected chi connectivity index (χ1v) is 5.84. The van der Waals surface area contributed by atoms with Crippen LogP contribution in [0.3, 0.4) is 0 Å². The molecule has 0 amide bonds. The monoisotopic (exact) mass is 197 g/mol. The number of rotatable bonds is 0. The molecule has 82 valence electrons. The number of aliphatic hydroxyl groups is 1. The van der Waals surface area contributed by atoms with Crippen molar-refractivity contribution in [3.8, 4) is 0 Å². The summed E-state index contributed by atoms with van der Waals surface area (Å²) in [5.41, 5.74) is 0.777. The molecule has 0 unspecified atom stereocenters. The molecule has 1 saturated carbocycles. The summed E-state index contributed by atoms with van der Waals surface area (Å²) in [5.74, 6) is 0. The Balaban J connectivity index is 1.98. The Bertz CT molecular complexity index is 207. The van der Waals surface area contributed by atoms with Crippen molar-refractivity contribution in [3.05, 3.63) is 0 Å². The average Bonchev–Trinajstić information content (AvgIpc) is 2.00. The smallest absolute Gasteiger partial charge is 0.0551 e. The highest BCUT2D eigenvalue weighted by molar-refractivity contribution is 4.99. The topological polar surface area (TPSA) is 23.5 Å². The van der Waals surface area contributed by atoms with Crippen LogP contribution in [0.25, 0.3) is 0 Å². The molecule has 1 heterocycles. The maximum Gasteiger partial charge on any atom is 0.0551 e. The van der Waals surface area contributed by atoms with Gasteiger partial charge in [-0.15, -0.1) is 0 Å². The summed E-state index contributed by atoms with van der Waals surface area (Å²) in [6.45, 7) is 9.32. The van der Waals surface area contributed by atoms with Gasteiger partial charge in [-0.25, -0.2) is 0 Å². The highest BCUT2D eigenvalue weighted by Crippen LogP contribution is 2.48. The van der Waals surface area contributed by atoms with E-state index in [-0.39, 0.29) is 6.10 Å². The van der Waals surface area contributed by atoms with E-state index in [1.165, 1.54) is 25.9 Å². The first-order valence-electron chi connectivity index (χ1n) is 5.84. The summed E-state index contributed by atoms with van der Waals surface area (Å²) in [4.78, 5) is 2.59. The Morgan fingerprint density at radius 1 is 1.29 bits per heavy atom. The zero-order chi connectivity index (χ0) is 10.4. The Hall–Kier alpha value is -0.0800. The molecule has 1 aliphatic carbocycles. The van der Waals surface area contributed by atoms with Crippen molar-refractivity contribution < 1.29 is 5.11 Å². The van der Waals surface area contributed by atoms with E-state index in [9.17, 15) is 5.11 Å². The zero-order valence-corrected chi connectivity index (χ0v) is 9.71. The molecule has 0 aromatic heterocycles. The van der Waals surface area contributed by atoms with E-state index in [4.69, 9.17) is 0 Å². The summed E-state index contributed by atoms with van der Waals surface area (Å²) in [6, 6.07) is 0. The third-order valence-electron chi connectivity index (χ3n) is 3.95. The first-order chi connectivity index (χ1) is 6.41. The molecule has 1 N–H and O–H groups in total. The summed E-state index contributed by atoms with van der Waals surface area (Å²) in [6.07, 6.45) is 4.72. The molecule has 1 saturated heterocycles. The van der Waals surface area contributed by atoms with Gasteiger partial charge in [0.1, 0.15) is 0 Å². The van der Waals surface area contributed by atoms with Crippen LogP contribution in [0.4, 0.5) is 0 Å². The molecular weight excluding hydrogens is 174 g/mol. The fourth-order valence-corrected chi connectivity index (χ4v) is 3.05. The van der Waals surface area contributed by atoms with E-state index in [0.717, 1.165) is 12.8 Å². The van der Waals surface area contributed by atoms with Gasteiger partial charge < -0.3 is 5.11 Å². The minimum atomic E-state index is -0.00471. The molecule has 1 spiro atoms. The fourth-order valence-electron chi connectivity index (χ4n) is 3.05. The third-order valence-corrected chi connectivity index (χ3v) is 3.95. The first kappa shape index (κ1) is 10.4. The lowest BCUT2D eigenvalue weighted by Gasteiger charge is -2.54. The Morgan fingerprint density at radius 2 is 1.93 bits per heavy atom. The lowest BCUT2D eigenvalue weighted by atomic mass is 9.62. The van der Waals surface area contributed by atoms with Crippen LogP contribution in [0.5, 0.6) is 0 Å². The van der Waals surface area contributed by atoms with E-state index in [2.05, 4.69) is 25.7 Å². The molecular formula is C12H23NO. The van der Waals surface area contributed by atoms with Gasteiger partial charge in [-0.3, -0.25) is 4.90 Å². The molecule has 14 heavy (non-hydrogen) atoms. The third kappa shape index (κ3) is 1.82. The van der Waals surface area contributed by atoms with Crippen LogP contribution >= 0.6 is 0 Å². The number of aliphatic hydroxyl groups excluding tert-OH is 1. The van der Waals surface area contributed by atoms with Gasteiger partial charge >= 0.3 is 0 Å². The quantitative estimate of drug-likeness (QED) is 0.642. The van der Waals surface area contributed by atoms with E-state index >= 15 is 0 Å². The molecule has 0 bridgehead atoms. The van der Waals surface area contributed by atoms with Crippen molar-refractivity contribution in [3.63, 3.8) is 0 Å². The average molecular weight is 197 g/mol. The standard InChI is InChI=1S/C12H23NO/c1-11(2,3)13-6-4-5-12(9-13)7-10(14)8-12/h10,14H,4-9H2,1-3H3. The zero-order valence-electron chi connectivity index (χ0n) is 9.71. The van der Waals surface area contributed by atoms with Crippen LogP contribution in [0.15, 0.2) is 0 Å². The number of likely N-dealkylation sites (tertiary alicyclic amines) is 1. The van der Waals surface area contributed by atoms with Gasteiger partial charge in [-0.2, -0.15) is 0 Å². The highest BCUT2D eigenvalue weighted by atomic mass is 16.3. The van der Waals surface area contributed by atoms with Gasteiger partial charge in [0, 0.05) is 12.1 Å². The van der Waals surface area contributed by atoms with E-state index < -0.39 is 0 Å². The van der Waals surface area contributed by atoms with Crippen LogP contribution in [0, 0.1) is 5.41 Å². The van der Waals surface area contributed by atoms with Gasteiger partial charge in [0.2, 0.25) is 0 Å². The van der Waals surface area contributed by atoms with Gasteiger partial charge in [0.15, 0.2) is 0 Å². The van der Waals surface area contributed by atoms with Crippen molar-refractivity contribution >= 4 is 0 Å². The van der Waals surface area contributed by atoms with Crippen LogP contribution in [-0.4, -0.2) is 34.7 Å². The Labute approximate surface area is 87.3 Å². The van der Waals surface area contributed by atoms with Crippen LogP contribution in [-0.2, 0) is 0 Å². The Kier molecular flexibility index (Phi) is 2.39. The van der Waals surface area contributed by atoms with Crippen molar-refractivity contribution in [2.75, 3.05) is 13.1 Å². The van der Waals surface area contributed by atoms with Crippen molar-refractivity contribution in [2.45, 2.75) is 58.1 Å². The molecule has 2 nitrogen and oxygen atoms in total. The second-order valence-electron chi connectivity index (χ2n) is 6.26. The van der Waals surface area contributed by atoms with E-state index in [1.807, 2.05) is 0 Å². The van der Waals surface area contributed by atoms with Crippen molar-refractivity contribution in [1.29, 1.82) is 0 Å². The van der Waals surface area contributed by atoms with Gasteiger partial charge in [-0.05, 0) is 58.4 Å². The molecule has 2 aliphatic rings. The molecule has 1 aliphatic heterocycles. The maximum atomic E-state index is 9.44. The lowest BCUT2D eigenvalue weighted by Crippen LogP contribution is -2.56. The minimum Gasteiger partial charge on any atom is -0.393 e. The lowest BCUT2D eigenvalue weighted by molar-refractivity contribution is -0.0909.